The summed E-state index contributed by atoms with van der Waals surface area (Å²) in [4.78, 5) is 11.8. The van der Waals surface area contributed by atoms with Crippen molar-refractivity contribution < 1.29 is 19.4 Å². The number of aliphatic hydroxyl groups excluding tert-OH is 1. The molecular formula is C15H18O4. The van der Waals surface area contributed by atoms with Gasteiger partial charge in [-0.15, -0.1) is 0 Å². The number of carbonyl (C=O) groups excluding carboxylic acids is 1. The average molecular weight is 262 g/mol. The first-order valence-corrected chi connectivity index (χ1v) is 6.83. The maximum absolute atomic E-state index is 11.8. The highest BCUT2D eigenvalue weighted by Gasteiger charge is 2.84. The molecule has 1 spiro atoms. The maximum Gasteiger partial charge on any atom is 0.334 e. The minimum Gasteiger partial charge on any atom is -0.455 e. The van der Waals surface area contributed by atoms with Crippen molar-refractivity contribution in [1.29, 1.82) is 0 Å². The van der Waals surface area contributed by atoms with E-state index in [4.69, 9.17) is 9.47 Å². The Morgan fingerprint density at radius 2 is 2.21 bits per heavy atom. The number of rotatable bonds is 0. The third-order valence-electron chi connectivity index (χ3n) is 5.85. The number of esters is 1. The molecular weight excluding hydrogens is 244 g/mol. The molecule has 2 saturated heterocycles. The van der Waals surface area contributed by atoms with Crippen LogP contribution in [0.2, 0.25) is 0 Å². The zero-order chi connectivity index (χ0) is 13.6. The van der Waals surface area contributed by atoms with Crippen molar-refractivity contribution in [3.8, 4) is 0 Å². The van der Waals surface area contributed by atoms with E-state index in [1.807, 2.05) is 26.0 Å². The summed E-state index contributed by atoms with van der Waals surface area (Å²) in [5.74, 6) is -0.281. The van der Waals surface area contributed by atoms with Crippen LogP contribution in [-0.2, 0) is 14.3 Å². The molecule has 0 aromatic carbocycles. The second-order valence-electron chi connectivity index (χ2n) is 6.66. The lowest BCUT2D eigenvalue weighted by molar-refractivity contribution is -0.153. The molecule has 4 nitrogen and oxygen atoms in total. The predicted molar refractivity (Wildman–Crippen MR) is 67.2 cm³/mol. The molecule has 4 heteroatoms. The number of hydrogen-bond acceptors (Lipinski definition) is 4. The van der Waals surface area contributed by atoms with Crippen LogP contribution in [0.3, 0.4) is 0 Å². The number of hydrogen-bond donors (Lipinski definition) is 1. The van der Waals surface area contributed by atoms with E-state index in [1.54, 1.807) is 0 Å². The summed E-state index contributed by atoms with van der Waals surface area (Å²) >= 11 is 0. The van der Waals surface area contributed by atoms with Gasteiger partial charge in [-0.25, -0.2) is 4.79 Å². The predicted octanol–water partition coefficient (Wildman–Crippen LogP) is 1.34. The molecule has 0 bridgehead atoms. The van der Waals surface area contributed by atoms with Gasteiger partial charge in [0.2, 0.25) is 0 Å². The smallest absolute Gasteiger partial charge is 0.334 e. The van der Waals surface area contributed by atoms with E-state index in [-0.39, 0.29) is 18.0 Å². The summed E-state index contributed by atoms with van der Waals surface area (Å²) in [6.07, 6.45) is 4.49. The minimum atomic E-state index is -0.591. The van der Waals surface area contributed by atoms with Gasteiger partial charge in [0, 0.05) is 16.9 Å². The van der Waals surface area contributed by atoms with E-state index in [9.17, 15) is 9.90 Å². The van der Waals surface area contributed by atoms with Crippen molar-refractivity contribution in [2.75, 3.05) is 0 Å². The van der Waals surface area contributed by atoms with Gasteiger partial charge in [0.25, 0.3) is 0 Å². The van der Waals surface area contributed by atoms with Crippen LogP contribution in [0.5, 0.6) is 0 Å². The van der Waals surface area contributed by atoms with Gasteiger partial charge < -0.3 is 14.6 Å². The van der Waals surface area contributed by atoms with Crippen LogP contribution >= 0.6 is 0 Å². The summed E-state index contributed by atoms with van der Waals surface area (Å²) in [6, 6.07) is 0. The van der Waals surface area contributed by atoms with Crippen molar-refractivity contribution in [3.05, 3.63) is 24.3 Å². The molecule has 102 valence electrons. The molecule has 4 rings (SSSR count). The first-order valence-electron chi connectivity index (χ1n) is 6.83. The van der Waals surface area contributed by atoms with Gasteiger partial charge >= 0.3 is 5.97 Å². The van der Waals surface area contributed by atoms with Crippen LogP contribution < -0.4 is 0 Å². The number of epoxide rings is 1. The van der Waals surface area contributed by atoms with Gasteiger partial charge in [-0.05, 0) is 19.8 Å². The van der Waals surface area contributed by atoms with Crippen molar-refractivity contribution in [1.82, 2.24) is 0 Å². The molecule has 0 aromatic heterocycles. The molecule has 2 aliphatic carbocycles. The highest BCUT2D eigenvalue weighted by Crippen LogP contribution is 2.71. The van der Waals surface area contributed by atoms with Crippen LogP contribution in [0.4, 0.5) is 0 Å². The lowest BCUT2D eigenvalue weighted by atomic mass is 9.54. The van der Waals surface area contributed by atoms with E-state index < -0.39 is 22.7 Å². The summed E-state index contributed by atoms with van der Waals surface area (Å²) in [5, 5.41) is 10.4. The maximum atomic E-state index is 11.8. The molecule has 6 unspecified atom stereocenters. The van der Waals surface area contributed by atoms with Crippen LogP contribution in [0.25, 0.3) is 0 Å². The zero-order valence-corrected chi connectivity index (χ0v) is 11.2. The summed E-state index contributed by atoms with van der Waals surface area (Å²) in [6.45, 7) is 7.90. The van der Waals surface area contributed by atoms with E-state index in [0.717, 1.165) is 12.8 Å². The van der Waals surface area contributed by atoms with Crippen LogP contribution in [0.15, 0.2) is 24.3 Å². The second-order valence-corrected chi connectivity index (χ2v) is 6.66. The van der Waals surface area contributed by atoms with Crippen molar-refractivity contribution in [2.24, 2.45) is 11.3 Å². The SMILES string of the molecule is C=C1C(=O)OC2C1CCC1(C)C(O)C=CC3(C)OC231. The molecule has 0 aromatic rings. The Bertz CT molecular complexity index is 538. The molecule has 2 aliphatic heterocycles. The fourth-order valence-electron chi connectivity index (χ4n) is 4.61. The molecule has 6 atom stereocenters. The highest BCUT2D eigenvalue weighted by atomic mass is 16.7. The lowest BCUT2D eigenvalue weighted by Gasteiger charge is -2.49. The Labute approximate surface area is 112 Å². The van der Waals surface area contributed by atoms with E-state index in [1.165, 1.54) is 0 Å². The fraction of sp³-hybridized carbons (Fsp3) is 0.667. The molecule has 1 N–H and O–H groups in total. The van der Waals surface area contributed by atoms with E-state index in [0.29, 0.717) is 5.57 Å². The molecule has 19 heavy (non-hydrogen) atoms. The second kappa shape index (κ2) is 2.96. The molecule has 0 radical (unpaired) electrons. The minimum absolute atomic E-state index is 0.0288. The Morgan fingerprint density at radius 1 is 1.47 bits per heavy atom. The van der Waals surface area contributed by atoms with Crippen LogP contribution in [0, 0.1) is 11.3 Å². The topological polar surface area (TPSA) is 59.1 Å². The Balaban J connectivity index is 1.87. The van der Waals surface area contributed by atoms with Gasteiger partial charge in [0.15, 0.2) is 0 Å². The molecule has 0 amide bonds. The van der Waals surface area contributed by atoms with Crippen molar-refractivity contribution in [2.45, 2.75) is 50.1 Å². The van der Waals surface area contributed by atoms with E-state index >= 15 is 0 Å². The zero-order valence-electron chi connectivity index (χ0n) is 11.2. The summed E-state index contributed by atoms with van der Waals surface area (Å²) < 4.78 is 11.6. The van der Waals surface area contributed by atoms with E-state index in [2.05, 4.69) is 6.58 Å². The standard InChI is InChI=1S/C15H18O4/c1-8-9-4-6-13(2)10(16)5-7-14(3)15(13,19-14)11(9)18-12(8)17/h5,7,9-11,16H,1,4,6H2,2-3H3. The molecule has 2 heterocycles. The third kappa shape index (κ3) is 1.01. The average Bonchev–Trinajstić information content (AvgIpc) is 2.90. The monoisotopic (exact) mass is 262 g/mol. The summed E-state index contributed by atoms with van der Waals surface area (Å²) in [5.41, 5.74) is -0.868. The Morgan fingerprint density at radius 3 is 2.95 bits per heavy atom. The quantitative estimate of drug-likeness (QED) is 0.310. The van der Waals surface area contributed by atoms with Gasteiger partial charge in [0.05, 0.1) is 6.10 Å². The normalized spacial score (nSPS) is 58.2. The van der Waals surface area contributed by atoms with Crippen LogP contribution in [-0.4, -0.2) is 34.5 Å². The first kappa shape index (κ1) is 11.7. The van der Waals surface area contributed by atoms with Gasteiger partial charge in [-0.3, -0.25) is 0 Å². The Kier molecular flexibility index (Phi) is 1.82. The fourth-order valence-corrected chi connectivity index (χ4v) is 4.61. The van der Waals surface area contributed by atoms with Crippen molar-refractivity contribution in [3.63, 3.8) is 0 Å². The Hall–Kier alpha value is -1.13. The highest BCUT2D eigenvalue weighted by molar-refractivity contribution is 5.91. The first-order chi connectivity index (χ1) is 8.86. The molecule has 1 saturated carbocycles. The van der Waals surface area contributed by atoms with Gasteiger partial charge in [-0.1, -0.05) is 25.7 Å². The lowest BCUT2D eigenvalue weighted by Crippen LogP contribution is -2.60. The van der Waals surface area contributed by atoms with Crippen molar-refractivity contribution >= 4 is 5.97 Å². The number of ether oxygens (including phenoxy) is 2. The number of aliphatic hydroxyl groups is 1. The summed E-state index contributed by atoms with van der Waals surface area (Å²) in [7, 11) is 0. The van der Waals surface area contributed by atoms with Crippen LogP contribution in [0.1, 0.15) is 26.7 Å². The number of carbonyl (C=O) groups is 1. The van der Waals surface area contributed by atoms with Gasteiger partial charge in [-0.2, -0.15) is 0 Å². The largest absolute Gasteiger partial charge is 0.455 e. The number of fused-ring (bicyclic) bond motifs is 1. The molecule has 3 fully saturated rings. The molecule has 4 aliphatic rings. The van der Waals surface area contributed by atoms with Gasteiger partial charge in [0.1, 0.15) is 17.3 Å². The third-order valence-corrected chi connectivity index (χ3v) is 5.85.